The number of anilines is 1. The molecule has 0 aromatic heterocycles. The van der Waals surface area contributed by atoms with Gasteiger partial charge in [0.15, 0.2) is 23.4 Å². The van der Waals surface area contributed by atoms with Gasteiger partial charge in [0.2, 0.25) is 5.91 Å². The van der Waals surface area contributed by atoms with Crippen molar-refractivity contribution in [1.29, 1.82) is 0 Å². The van der Waals surface area contributed by atoms with Crippen LogP contribution in [0, 0.1) is 17.5 Å². The first-order valence-corrected chi connectivity index (χ1v) is 10.5. The molecule has 1 aliphatic heterocycles. The highest BCUT2D eigenvalue weighted by atomic mass is 127. The maximum atomic E-state index is 13.7. The van der Waals surface area contributed by atoms with Crippen LogP contribution >= 0.6 is 35.7 Å². The van der Waals surface area contributed by atoms with Gasteiger partial charge in [-0.25, -0.2) is 13.2 Å². The third kappa shape index (κ3) is 5.93. The van der Waals surface area contributed by atoms with Crippen molar-refractivity contribution in [2.75, 3.05) is 37.8 Å². The number of rotatable bonds is 3. The molecule has 1 amide bonds. The number of benzene rings is 1. The van der Waals surface area contributed by atoms with Crippen LogP contribution in [0.4, 0.5) is 18.9 Å². The maximum Gasteiger partial charge on any atom is 0.243 e. The molecule has 1 saturated heterocycles. The van der Waals surface area contributed by atoms with Gasteiger partial charge in [-0.2, -0.15) is 11.8 Å². The zero-order valence-corrected chi connectivity index (χ0v) is 19.4. The van der Waals surface area contributed by atoms with Gasteiger partial charge in [-0.05, 0) is 25.0 Å². The van der Waals surface area contributed by atoms with Gasteiger partial charge in [0.25, 0.3) is 0 Å². The third-order valence-electron chi connectivity index (χ3n) is 5.24. The van der Waals surface area contributed by atoms with Crippen molar-refractivity contribution in [3.05, 3.63) is 29.6 Å². The average molecular weight is 542 g/mol. The molecule has 5 nitrogen and oxygen atoms in total. The molecule has 0 unspecified atom stereocenters. The summed E-state index contributed by atoms with van der Waals surface area (Å²) < 4.78 is 40.2. The van der Waals surface area contributed by atoms with Crippen molar-refractivity contribution < 1.29 is 18.0 Å². The van der Waals surface area contributed by atoms with Gasteiger partial charge < -0.3 is 15.5 Å². The lowest BCUT2D eigenvalue weighted by molar-refractivity contribution is -0.115. The molecule has 0 bridgehead atoms. The smallest absolute Gasteiger partial charge is 0.243 e. The van der Waals surface area contributed by atoms with Crippen molar-refractivity contribution in [3.8, 4) is 0 Å². The molecule has 3 rings (SSSR count). The molecule has 10 heteroatoms. The van der Waals surface area contributed by atoms with Gasteiger partial charge in [0.1, 0.15) is 0 Å². The summed E-state index contributed by atoms with van der Waals surface area (Å²) in [5.41, 5.74) is -0.392. The number of hydrogen-bond donors (Lipinski definition) is 2. The summed E-state index contributed by atoms with van der Waals surface area (Å²) in [4.78, 5) is 18.6. The molecule has 2 N–H and O–H groups in total. The summed E-state index contributed by atoms with van der Waals surface area (Å²) in [6.07, 6.45) is 6.17. The fourth-order valence-electron chi connectivity index (χ4n) is 3.83. The molecule has 1 aromatic carbocycles. The van der Waals surface area contributed by atoms with E-state index in [1.807, 2.05) is 11.8 Å². The van der Waals surface area contributed by atoms with Crippen LogP contribution in [0.3, 0.4) is 0 Å². The molecule has 2 fully saturated rings. The van der Waals surface area contributed by atoms with Gasteiger partial charge in [-0.15, -0.1) is 24.0 Å². The Morgan fingerprint density at radius 1 is 1.21 bits per heavy atom. The summed E-state index contributed by atoms with van der Waals surface area (Å²) in [6.45, 7) is 1.57. The number of amides is 1. The number of aliphatic imine (C=N–C) groups is 1. The second-order valence-corrected chi connectivity index (χ2v) is 8.75. The van der Waals surface area contributed by atoms with Crippen LogP contribution in [-0.4, -0.2) is 53.9 Å². The number of halogens is 4. The van der Waals surface area contributed by atoms with Crippen molar-refractivity contribution in [2.45, 2.75) is 36.9 Å². The highest BCUT2D eigenvalue weighted by Gasteiger charge is 2.38. The zero-order chi connectivity index (χ0) is 20.1. The molecule has 0 radical (unpaired) electrons. The second kappa shape index (κ2) is 10.7. The standard InChI is InChI=1S/C19H25F3N4OS.HI/c1-23-18(26-9-10-28-19(12-26)7-3-2-4-8-19)24-11-15(27)25-14-6-5-13(20)16(21)17(14)22;/h5-6H,2-4,7-12H2,1H3,(H,23,24)(H,25,27);1H. The predicted molar refractivity (Wildman–Crippen MR) is 122 cm³/mol. The van der Waals surface area contributed by atoms with Crippen molar-refractivity contribution in [3.63, 3.8) is 0 Å². The van der Waals surface area contributed by atoms with Crippen LogP contribution in [0.1, 0.15) is 32.1 Å². The minimum absolute atomic E-state index is 0. The Hall–Kier alpha value is -1.17. The first-order chi connectivity index (χ1) is 13.4. The van der Waals surface area contributed by atoms with Crippen LogP contribution in [0.25, 0.3) is 0 Å². The number of thioether (sulfide) groups is 1. The molecule has 1 heterocycles. The molecule has 2 aliphatic rings. The van der Waals surface area contributed by atoms with Gasteiger partial charge in [0.05, 0.1) is 12.2 Å². The van der Waals surface area contributed by atoms with E-state index < -0.39 is 29.0 Å². The molecule has 1 saturated carbocycles. The van der Waals surface area contributed by atoms with Gasteiger partial charge in [0, 0.05) is 30.6 Å². The minimum Gasteiger partial charge on any atom is -0.347 e. The van der Waals surface area contributed by atoms with Crippen molar-refractivity contribution in [1.82, 2.24) is 10.2 Å². The van der Waals surface area contributed by atoms with E-state index in [9.17, 15) is 18.0 Å². The minimum atomic E-state index is -1.61. The highest BCUT2D eigenvalue weighted by molar-refractivity contribution is 14.0. The fraction of sp³-hybridized carbons (Fsp3) is 0.579. The fourth-order valence-corrected chi connectivity index (χ4v) is 5.40. The van der Waals surface area contributed by atoms with E-state index >= 15 is 0 Å². The van der Waals surface area contributed by atoms with Gasteiger partial charge in [-0.1, -0.05) is 19.3 Å². The van der Waals surface area contributed by atoms with Gasteiger partial charge in [-0.3, -0.25) is 9.79 Å². The molecule has 29 heavy (non-hydrogen) atoms. The summed E-state index contributed by atoms with van der Waals surface area (Å²) in [5, 5.41) is 5.25. The molecular weight excluding hydrogens is 516 g/mol. The molecule has 1 aliphatic carbocycles. The Balaban J connectivity index is 0.00000300. The van der Waals surface area contributed by atoms with Crippen LogP contribution < -0.4 is 10.6 Å². The Labute approximate surface area is 190 Å². The van der Waals surface area contributed by atoms with Crippen LogP contribution in [0.15, 0.2) is 17.1 Å². The lowest BCUT2D eigenvalue weighted by atomic mass is 9.87. The Bertz CT molecular complexity index is 754. The van der Waals surface area contributed by atoms with Crippen LogP contribution in [-0.2, 0) is 4.79 Å². The summed E-state index contributed by atoms with van der Waals surface area (Å²) in [6, 6.07) is 1.77. The zero-order valence-electron chi connectivity index (χ0n) is 16.3. The number of hydrogen-bond acceptors (Lipinski definition) is 3. The first-order valence-electron chi connectivity index (χ1n) is 9.47. The SMILES string of the molecule is CN=C(NCC(=O)Nc1ccc(F)c(F)c1F)N1CCSC2(CCCCC2)C1.I. The Morgan fingerprint density at radius 2 is 1.93 bits per heavy atom. The summed E-state index contributed by atoms with van der Waals surface area (Å²) >= 11 is 2.04. The average Bonchev–Trinajstić information content (AvgIpc) is 2.70. The topological polar surface area (TPSA) is 56.7 Å². The van der Waals surface area contributed by atoms with Crippen molar-refractivity contribution in [2.24, 2.45) is 4.99 Å². The lowest BCUT2D eigenvalue weighted by Gasteiger charge is -2.45. The Morgan fingerprint density at radius 3 is 2.62 bits per heavy atom. The molecule has 1 aromatic rings. The second-order valence-electron chi connectivity index (χ2n) is 7.19. The molecule has 162 valence electrons. The van der Waals surface area contributed by atoms with E-state index in [0.717, 1.165) is 31.0 Å². The number of guanidine groups is 1. The van der Waals surface area contributed by atoms with Crippen molar-refractivity contribution >= 4 is 53.3 Å². The number of nitrogens with zero attached hydrogens (tertiary/aromatic N) is 2. The third-order valence-corrected chi connectivity index (χ3v) is 6.78. The van der Waals surface area contributed by atoms with E-state index in [4.69, 9.17) is 0 Å². The van der Waals surface area contributed by atoms with E-state index in [-0.39, 0.29) is 35.3 Å². The highest BCUT2D eigenvalue weighted by Crippen LogP contribution is 2.42. The van der Waals surface area contributed by atoms with E-state index in [1.165, 1.54) is 32.1 Å². The maximum absolute atomic E-state index is 13.7. The van der Waals surface area contributed by atoms with E-state index in [0.29, 0.717) is 5.96 Å². The van der Waals surface area contributed by atoms with Crippen LogP contribution in [0.2, 0.25) is 0 Å². The predicted octanol–water partition coefficient (Wildman–Crippen LogP) is 3.99. The Kier molecular flexibility index (Phi) is 8.92. The summed E-state index contributed by atoms with van der Waals surface area (Å²) in [7, 11) is 1.66. The quantitative estimate of drug-likeness (QED) is 0.263. The number of carbonyl (C=O) groups is 1. The lowest BCUT2D eigenvalue weighted by Crippen LogP contribution is -2.54. The van der Waals surface area contributed by atoms with Gasteiger partial charge >= 0.3 is 0 Å². The first kappa shape index (κ1) is 24.1. The largest absolute Gasteiger partial charge is 0.347 e. The molecular formula is C19H26F3IN4OS. The van der Waals surface area contributed by atoms with Crippen LogP contribution in [0.5, 0.6) is 0 Å². The van der Waals surface area contributed by atoms with E-state index in [1.54, 1.807) is 7.05 Å². The normalized spacial score (nSPS) is 18.9. The monoisotopic (exact) mass is 542 g/mol. The number of nitrogens with one attached hydrogen (secondary N) is 2. The van der Waals surface area contributed by atoms with E-state index in [2.05, 4.69) is 20.5 Å². The number of carbonyl (C=O) groups excluding carboxylic acids is 1. The molecule has 1 spiro atoms. The summed E-state index contributed by atoms with van der Waals surface area (Å²) in [5.74, 6) is -3.26. The molecule has 0 atom stereocenters.